The van der Waals surface area contributed by atoms with Gasteiger partial charge in [0.2, 0.25) is 0 Å². The molecule has 1 heterocycles. The summed E-state index contributed by atoms with van der Waals surface area (Å²) in [7, 11) is 0. The molecule has 2 atom stereocenters. The van der Waals surface area contributed by atoms with Crippen molar-refractivity contribution in [2.45, 2.75) is 32.7 Å². The Morgan fingerprint density at radius 1 is 1.47 bits per heavy atom. The number of hydrogen-bond acceptors (Lipinski definition) is 2. The van der Waals surface area contributed by atoms with Crippen LogP contribution in [-0.2, 0) is 0 Å². The van der Waals surface area contributed by atoms with Crippen LogP contribution in [0, 0.1) is 11.7 Å². The minimum Gasteiger partial charge on any atom is -0.389 e. The van der Waals surface area contributed by atoms with E-state index in [-0.39, 0.29) is 10.8 Å². The van der Waals surface area contributed by atoms with Gasteiger partial charge in [-0.15, -0.1) is 0 Å². The van der Waals surface area contributed by atoms with Crippen LogP contribution in [0.25, 0.3) is 0 Å². The van der Waals surface area contributed by atoms with E-state index in [0.29, 0.717) is 27.7 Å². The fourth-order valence-electron chi connectivity index (χ4n) is 2.63. The third kappa shape index (κ3) is 2.77. The molecule has 1 aromatic carbocycles. The molecule has 0 aliphatic carbocycles. The van der Waals surface area contributed by atoms with Crippen LogP contribution < -0.4 is 10.6 Å². The van der Waals surface area contributed by atoms with Gasteiger partial charge in [0.1, 0.15) is 4.99 Å². The first-order valence-electron chi connectivity index (χ1n) is 6.48. The van der Waals surface area contributed by atoms with Gasteiger partial charge in [-0.05, 0) is 53.7 Å². The number of hydrogen-bond donors (Lipinski definition) is 1. The van der Waals surface area contributed by atoms with Crippen molar-refractivity contribution >= 4 is 38.8 Å². The summed E-state index contributed by atoms with van der Waals surface area (Å²) < 4.78 is 14.9. The Labute approximate surface area is 127 Å². The van der Waals surface area contributed by atoms with E-state index in [1.165, 1.54) is 6.42 Å². The number of benzene rings is 1. The van der Waals surface area contributed by atoms with E-state index in [9.17, 15) is 4.39 Å². The number of piperidine rings is 1. The summed E-state index contributed by atoms with van der Waals surface area (Å²) in [6, 6.07) is 3.91. The van der Waals surface area contributed by atoms with E-state index in [0.717, 1.165) is 13.0 Å². The van der Waals surface area contributed by atoms with Gasteiger partial charge >= 0.3 is 0 Å². The van der Waals surface area contributed by atoms with Crippen molar-refractivity contribution in [3.05, 3.63) is 28.0 Å². The Balaban J connectivity index is 2.40. The lowest BCUT2D eigenvalue weighted by Crippen LogP contribution is -2.43. The summed E-state index contributed by atoms with van der Waals surface area (Å²) in [5, 5.41) is 0. The molecule has 5 heteroatoms. The van der Waals surface area contributed by atoms with Crippen molar-refractivity contribution in [2.75, 3.05) is 11.4 Å². The summed E-state index contributed by atoms with van der Waals surface area (Å²) in [5.74, 6) is 0.299. The highest BCUT2D eigenvalue weighted by Gasteiger charge is 2.27. The van der Waals surface area contributed by atoms with Crippen LogP contribution in [0.1, 0.15) is 32.3 Å². The highest BCUT2D eigenvalue weighted by atomic mass is 79.9. The molecule has 0 amide bonds. The van der Waals surface area contributed by atoms with E-state index in [4.69, 9.17) is 18.0 Å². The van der Waals surface area contributed by atoms with Crippen molar-refractivity contribution in [2.24, 2.45) is 11.7 Å². The third-order valence-corrected chi connectivity index (χ3v) is 5.01. The van der Waals surface area contributed by atoms with Gasteiger partial charge in [-0.25, -0.2) is 4.39 Å². The van der Waals surface area contributed by atoms with Crippen LogP contribution in [-0.4, -0.2) is 17.6 Å². The number of rotatable bonds is 2. The van der Waals surface area contributed by atoms with Gasteiger partial charge in [0.15, 0.2) is 5.82 Å². The maximum absolute atomic E-state index is 14.5. The summed E-state index contributed by atoms with van der Waals surface area (Å²) in [4.78, 5) is 2.34. The van der Waals surface area contributed by atoms with Crippen molar-refractivity contribution in [1.82, 2.24) is 0 Å². The van der Waals surface area contributed by atoms with Crippen LogP contribution in [0.5, 0.6) is 0 Å². The number of nitrogens with two attached hydrogens (primary N) is 1. The normalized spacial score (nSPS) is 23.5. The maximum atomic E-state index is 14.5. The van der Waals surface area contributed by atoms with Crippen LogP contribution in [0.3, 0.4) is 0 Å². The topological polar surface area (TPSA) is 29.3 Å². The summed E-state index contributed by atoms with van der Waals surface area (Å²) >= 11 is 8.18. The molecule has 1 fully saturated rings. The van der Waals surface area contributed by atoms with Crippen LogP contribution in [0.15, 0.2) is 16.6 Å². The molecule has 0 aromatic heterocycles. The third-order valence-electron chi connectivity index (χ3n) is 4.01. The van der Waals surface area contributed by atoms with E-state index in [1.807, 2.05) is 0 Å². The van der Waals surface area contributed by atoms with Gasteiger partial charge in [-0.2, -0.15) is 0 Å². The lowest BCUT2D eigenvalue weighted by Gasteiger charge is -2.40. The molecule has 1 aliphatic rings. The molecule has 0 radical (unpaired) electrons. The van der Waals surface area contributed by atoms with Gasteiger partial charge in [0.05, 0.1) is 10.2 Å². The smallest absolute Gasteiger partial charge is 0.161 e. The predicted molar refractivity (Wildman–Crippen MR) is 85.2 cm³/mol. The average Bonchev–Trinajstić information content (AvgIpc) is 2.36. The average molecular weight is 345 g/mol. The first kappa shape index (κ1) is 14.7. The first-order chi connectivity index (χ1) is 8.93. The van der Waals surface area contributed by atoms with Crippen LogP contribution >= 0.6 is 28.1 Å². The molecule has 0 spiro atoms. The molecule has 104 valence electrons. The van der Waals surface area contributed by atoms with E-state index in [2.05, 4.69) is 34.7 Å². The zero-order valence-corrected chi connectivity index (χ0v) is 13.5. The van der Waals surface area contributed by atoms with Crippen molar-refractivity contribution in [1.29, 1.82) is 0 Å². The van der Waals surface area contributed by atoms with E-state index >= 15 is 0 Å². The zero-order valence-electron chi connectivity index (χ0n) is 11.1. The molecule has 1 aromatic rings. The van der Waals surface area contributed by atoms with Gasteiger partial charge in [-0.3, -0.25) is 0 Å². The predicted octanol–water partition coefficient (Wildman–Crippen LogP) is 3.85. The van der Waals surface area contributed by atoms with Gasteiger partial charge < -0.3 is 10.6 Å². The van der Waals surface area contributed by atoms with Crippen LogP contribution in [0.4, 0.5) is 10.1 Å². The molecule has 2 unspecified atom stereocenters. The molecule has 1 aliphatic heterocycles. The zero-order chi connectivity index (χ0) is 14.2. The minimum absolute atomic E-state index is 0.206. The molecule has 2 N–H and O–H groups in total. The standard InChI is InChI=1S/C14H18BrFN2S/c1-8-4-3-7-18(9(8)2)11-6-5-10(14(17)19)12(15)13(11)16/h5-6,8-9H,3-4,7H2,1-2H3,(H2,17,19). The molecule has 0 bridgehead atoms. The summed E-state index contributed by atoms with van der Waals surface area (Å²) in [5.41, 5.74) is 6.76. The van der Waals surface area contributed by atoms with Gasteiger partial charge in [0, 0.05) is 18.2 Å². The molecule has 2 nitrogen and oxygen atoms in total. The minimum atomic E-state index is -0.272. The molecule has 1 saturated heterocycles. The number of nitrogens with zero attached hydrogens (tertiary/aromatic N) is 1. The van der Waals surface area contributed by atoms with Crippen molar-refractivity contribution in [3.8, 4) is 0 Å². The second-order valence-electron chi connectivity index (χ2n) is 5.18. The molecular weight excluding hydrogens is 327 g/mol. The Hall–Kier alpha value is -0.680. The Kier molecular flexibility index (Phi) is 4.46. The Morgan fingerprint density at radius 2 is 2.16 bits per heavy atom. The van der Waals surface area contributed by atoms with E-state index < -0.39 is 0 Å². The number of anilines is 1. The first-order valence-corrected chi connectivity index (χ1v) is 7.68. The number of halogens is 2. The molecular formula is C14H18BrFN2S. The summed E-state index contributed by atoms with van der Waals surface area (Å²) in [6.45, 7) is 5.26. The van der Waals surface area contributed by atoms with Crippen molar-refractivity contribution in [3.63, 3.8) is 0 Å². The highest BCUT2D eigenvalue weighted by Crippen LogP contribution is 2.34. The molecule has 19 heavy (non-hydrogen) atoms. The fourth-order valence-corrected chi connectivity index (χ4v) is 3.48. The fraction of sp³-hybridized carbons (Fsp3) is 0.500. The number of thiocarbonyl (C=S) groups is 1. The second kappa shape index (κ2) is 5.75. The Morgan fingerprint density at radius 3 is 2.79 bits per heavy atom. The van der Waals surface area contributed by atoms with Crippen molar-refractivity contribution < 1.29 is 4.39 Å². The Bertz CT molecular complexity index is 506. The lowest BCUT2D eigenvalue weighted by molar-refractivity contribution is 0.360. The quantitative estimate of drug-likeness (QED) is 0.826. The van der Waals surface area contributed by atoms with Gasteiger partial charge in [0.25, 0.3) is 0 Å². The van der Waals surface area contributed by atoms with E-state index in [1.54, 1.807) is 12.1 Å². The lowest BCUT2D eigenvalue weighted by atomic mass is 9.91. The highest BCUT2D eigenvalue weighted by molar-refractivity contribution is 9.10. The maximum Gasteiger partial charge on any atom is 0.161 e. The molecule has 2 rings (SSSR count). The van der Waals surface area contributed by atoms with Gasteiger partial charge in [-0.1, -0.05) is 19.1 Å². The summed E-state index contributed by atoms with van der Waals surface area (Å²) in [6.07, 6.45) is 2.30. The largest absolute Gasteiger partial charge is 0.389 e. The van der Waals surface area contributed by atoms with Crippen LogP contribution in [0.2, 0.25) is 0 Å². The molecule has 0 saturated carbocycles. The SMILES string of the molecule is CC1CCCN(c2ccc(C(N)=S)c(Br)c2F)C1C. The monoisotopic (exact) mass is 344 g/mol. The second-order valence-corrected chi connectivity index (χ2v) is 6.41.